The van der Waals surface area contributed by atoms with E-state index >= 15 is 0 Å². The van der Waals surface area contributed by atoms with Crippen LogP contribution in [0.2, 0.25) is 0 Å². The van der Waals surface area contributed by atoms with E-state index in [9.17, 15) is 8.78 Å². The third-order valence-electron chi connectivity index (χ3n) is 2.24. The Bertz CT molecular complexity index is 459. The van der Waals surface area contributed by atoms with Crippen LogP contribution >= 0.6 is 12.2 Å². The number of nitriles is 1. The van der Waals surface area contributed by atoms with Crippen LogP contribution in [0.5, 0.6) is 5.75 Å². The number of rotatable bonds is 5. The summed E-state index contributed by atoms with van der Waals surface area (Å²) in [6, 6.07) is 8.04. The molecule has 1 aromatic rings. The lowest BCUT2D eigenvalue weighted by atomic mass is 10.3. The van der Waals surface area contributed by atoms with Crippen molar-refractivity contribution < 1.29 is 13.5 Å². The standard InChI is InChI=1S/C12H13F2N3OS/c1-17(8-2-7-15)12(19)16-9-3-5-10(6-4-9)18-11(13)14/h3-6,11H,2,8H2,1H3,(H,16,19). The number of nitrogens with one attached hydrogen (secondary N) is 1. The number of hydrogen-bond donors (Lipinski definition) is 1. The molecular formula is C12H13F2N3OS. The van der Waals surface area contributed by atoms with Crippen molar-refractivity contribution in [3.05, 3.63) is 24.3 Å². The van der Waals surface area contributed by atoms with Crippen molar-refractivity contribution in [2.45, 2.75) is 13.0 Å². The lowest BCUT2D eigenvalue weighted by molar-refractivity contribution is -0.0498. The molecule has 19 heavy (non-hydrogen) atoms. The second-order valence-corrected chi connectivity index (χ2v) is 4.05. The van der Waals surface area contributed by atoms with E-state index in [0.717, 1.165) is 0 Å². The molecule has 0 spiro atoms. The number of thiocarbonyl (C=S) groups is 1. The fourth-order valence-electron chi connectivity index (χ4n) is 1.26. The number of ether oxygens (including phenoxy) is 1. The fraction of sp³-hybridized carbons (Fsp3) is 0.333. The molecule has 0 aliphatic rings. The normalized spacial score (nSPS) is 9.84. The van der Waals surface area contributed by atoms with Crippen LogP contribution in [0.25, 0.3) is 0 Å². The van der Waals surface area contributed by atoms with Crippen molar-refractivity contribution in [2.75, 3.05) is 18.9 Å². The zero-order valence-electron chi connectivity index (χ0n) is 10.3. The molecule has 1 rings (SSSR count). The molecule has 102 valence electrons. The van der Waals surface area contributed by atoms with E-state index in [1.165, 1.54) is 12.1 Å². The summed E-state index contributed by atoms with van der Waals surface area (Å²) in [5.74, 6) is 0.0873. The van der Waals surface area contributed by atoms with Crippen LogP contribution in [0.4, 0.5) is 14.5 Å². The van der Waals surface area contributed by atoms with Gasteiger partial charge in [0.15, 0.2) is 5.11 Å². The molecule has 1 N–H and O–H groups in total. The molecule has 7 heteroatoms. The molecule has 4 nitrogen and oxygen atoms in total. The van der Waals surface area contributed by atoms with Gasteiger partial charge >= 0.3 is 6.61 Å². The highest BCUT2D eigenvalue weighted by atomic mass is 32.1. The summed E-state index contributed by atoms with van der Waals surface area (Å²) in [6.07, 6.45) is 0.374. The lowest BCUT2D eigenvalue weighted by Crippen LogP contribution is -2.31. The van der Waals surface area contributed by atoms with E-state index in [-0.39, 0.29) is 5.75 Å². The highest BCUT2D eigenvalue weighted by Gasteiger charge is 2.06. The Kier molecular flexibility index (Phi) is 5.96. The molecule has 0 bridgehead atoms. The van der Waals surface area contributed by atoms with Crippen molar-refractivity contribution >= 4 is 23.0 Å². The van der Waals surface area contributed by atoms with Crippen LogP contribution in [-0.4, -0.2) is 30.2 Å². The van der Waals surface area contributed by atoms with Gasteiger partial charge in [-0.1, -0.05) is 0 Å². The van der Waals surface area contributed by atoms with Gasteiger partial charge in [0.05, 0.1) is 12.5 Å². The molecule has 0 fully saturated rings. The van der Waals surface area contributed by atoms with E-state index < -0.39 is 6.61 Å². The Morgan fingerprint density at radius 2 is 2.11 bits per heavy atom. The van der Waals surface area contributed by atoms with E-state index in [0.29, 0.717) is 23.8 Å². The second kappa shape index (κ2) is 7.48. The molecule has 0 radical (unpaired) electrons. The Hall–Kier alpha value is -1.94. The molecular weight excluding hydrogens is 272 g/mol. The van der Waals surface area contributed by atoms with Gasteiger partial charge in [-0.3, -0.25) is 0 Å². The minimum absolute atomic E-state index is 0.0873. The van der Waals surface area contributed by atoms with E-state index in [1.807, 2.05) is 6.07 Å². The van der Waals surface area contributed by atoms with Gasteiger partial charge in [-0.05, 0) is 36.5 Å². The molecule has 0 heterocycles. The van der Waals surface area contributed by atoms with Crippen LogP contribution in [0.1, 0.15) is 6.42 Å². The van der Waals surface area contributed by atoms with Crippen LogP contribution in [-0.2, 0) is 0 Å². The largest absolute Gasteiger partial charge is 0.435 e. The quantitative estimate of drug-likeness (QED) is 0.843. The third kappa shape index (κ3) is 5.48. The van der Waals surface area contributed by atoms with Gasteiger partial charge in [0, 0.05) is 19.3 Å². The first-order valence-corrected chi connectivity index (χ1v) is 5.87. The minimum Gasteiger partial charge on any atom is -0.435 e. The molecule has 1 aromatic carbocycles. The summed E-state index contributed by atoms with van der Waals surface area (Å²) in [6.45, 7) is -2.31. The topological polar surface area (TPSA) is 48.3 Å². The predicted molar refractivity (Wildman–Crippen MR) is 72.2 cm³/mol. The average Bonchev–Trinajstić information content (AvgIpc) is 2.37. The third-order valence-corrected chi connectivity index (χ3v) is 2.65. The molecule has 0 aliphatic carbocycles. The van der Waals surface area contributed by atoms with Crippen LogP contribution in [0.15, 0.2) is 24.3 Å². The summed E-state index contributed by atoms with van der Waals surface area (Å²) in [7, 11) is 1.76. The Morgan fingerprint density at radius 3 is 2.63 bits per heavy atom. The number of hydrogen-bond acceptors (Lipinski definition) is 3. The second-order valence-electron chi connectivity index (χ2n) is 3.66. The van der Waals surface area contributed by atoms with Gasteiger partial charge in [-0.15, -0.1) is 0 Å². The maximum Gasteiger partial charge on any atom is 0.387 e. The van der Waals surface area contributed by atoms with Crippen molar-refractivity contribution in [2.24, 2.45) is 0 Å². The maximum atomic E-state index is 12.0. The number of nitrogens with zero attached hydrogens (tertiary/aromatic N) is 2. The fourth-order valence-corrected chi connectivity index (χ4v) is 1.47. The minimum atomic E-state index is -2.84. The molecule has 0 saturated carbocycles. The predicted octanol–water partition coefficient (Wildman–Crippen LogP) is 2.83. The summed E-state index contributed by atoms with van der Waals surface area (Å²) >= 11 is 5.13. The van der Waals surface area contributed by atoms with Gasteiger partial charge in [0.1, 0.15) is 5.75 Å². The molecule has 0 amide bonds. The Labute approximate surface area is 115 Å². The van der Waals surface area contributed by atoms with E-state index in [2.05, 4.69) is 10.1 Å². The first kappa shape index (κ1) is 15.1. The summed E-state index contributed by atoms with van der Waals surface area (Å²) < 4.78 is 28.2. The molecule has 0 saturated heterocycles. The number of halogens is 2. The van der Waals surface area contributed by atoms with E-state index in [4.69, 9.17) is 17.5 Å². The zero-order chi connectivity index (χ0) is 14.3. The summed E-state index contributed by atoms with van der Waals surface area (Å²) in [5.41, 5.74) is 0.662. The Morgan fingerprint density at radius 1 is 1.47 bits per heavy atom. The molecule has 0 unspecified atom stereocenters. The van der Waals surface area contributed by atoms with Gasteiger partial charge < -0.3 is 15.0 Å². The van der Waals surface area contributed by atoms with Crippen molar-refractivity contribution in [1.82, 2.24) is 4.90 Å². The SMILES string of the molecule is CN(CCC#N)C(=S)Nc1ccc(OC(F)F)cc1. The van der Waals surface area contributed by atoms with E-state index in [1.54, 1.807) is 24.1 Å². The smallest absolute Gasteiger partial charge is 0.387 e. The lowest BCUT2D eigenvalue weighted by Gasteiger charge is -2.19. The van der Waals surface area contributed by atoms with Crippen molar-refractivity contribution in [1.29, 1.82) is 5.26 Å². The van der Waals surface area contributed by atoms with Crippen molar-refractivity contribution in [3.63, 3.8) is 0 Å². The van der Waals surface area contributed by atoms with Crippen LogP contribution < -0.4 is 10.1 Å². The van der Waals surface area contributed by atoms with Gasteiger partial charge in [-0.2, -0.15) is 14.0 Å². The molecule has 0 aliphatic heterocycles. The van der Waals surface area contributed by atoms with Crippen LogP contribution in [0.3, 0.4) is 0 Å². The van der Waals surface area contributed by atoms with Gasteiger partial charge in [0.25, 0.3) is 0 Å². The average molecular weight is 285 g/mol. The summed E-state index contributed by atoms with van der Waals surface area (Å²) in [5, 5.41) is 11.9. The first-order valence-electron chi connectivity index (χ1n) is 5.47. The van der Waals surface area contributed by atoms with Gasteiger partial charge in [0.2, 0.25) is 0 Å². The zero-order valence-corrected chi connectivity index (χ0v) is 11.1. The summed E-state index contributed by atoms with van der Waals surface area (Å²) in [4.78, 5) is 1.72. The highest BCUT2D eigenvalue weighted by Crippen LogP contribution is 2.17. The number of benzene rings is 1. The monoisotopic (exact) mass is 285 g/mol. The number of anilines is 1. The van der Waals surface area contributed by atoms with Crippen molar-refractivity contribution in [3.8, 4) is 11.8 Å². The Balaban J connectivity index is 2.53. The van der Waals surface area contributed by atoms with Crippen LogP contribution in [0, 0.1) is 11.3 Å². The number of alkyl halides is 2. The first-order chi connectivity index (χ1) is 9.02. The highest BCUT2D eigenvalue weighted by molar-refractivity contribution is 7.80. The maximum absolute atomic E-state index is 12.0. The molecule has 0 aromatic heterocycles. The molecule has 0 atom stereocenters. The van der Waals surface area contributed by atoms with Gasteiger partial charge in [-0.25, -0.2) is 0 Å².